The summed E-state index contributed by atoms with van der Waals surface area (Å²) in [7, 11) is 1.66. The molecule has 1 N–H and O–H groups in total. The van der Waals surface area contributed by atoms with Gasteiger partial charge in [0.2, 0.25) is 0 Å². The molecule has 0 spiro atoms. The lowest BCUT2D eigenvalue weighted by Gasteiger charge is -2.27. The quantitative estimate of drug-likeness (QED) is 0.883. The summed E-state index contributed by atoms with van der Waals surface area (Å²) in [6, 6.07) is 6.07. The zero-order valence-corrected chi connectivity index (χ0v) is 12.9. The summed E-state index contributed by atoms with van der Waals surface area (Å²) in [6.07, 6.45) is 6.40. The number of pyridine rings is 1. The first-order valence-corrected chi connectivity index (χ1v) is 7.73. The summed E-state index contributed by atoms with van der Waals surface area (Å²) in [5.41, 5.74) is 3.68. The number of ether oxygens (including phenoxy) is 1. The molecule has 2 aromatic heterocycles. The maximum absolute atomic E-state index is 12.0. The van der Waals surface area contributed by atoms with Crippen LogP contribution in [0.4, 0.5) is 0 Å². The van der Waals surface area contributed by atoms with Gasteiger partial charge in [-0.1, -0.05) is 6.07 Å². The predicted molar refractivity (Wildman–Crippen MR) is 83.9 cm³/mol. The Labute approximate surface area is 129 Å². The van der Waals surface area contributed by atoms with Crippen molar-refractivity contribution in [2.24, 2.45) is 0 Å². The molecule has 2 aromatic rings. The standard InChI is InChI=1S/C17H22N2O3/c1-21-9-7-19-16-4-3-15(10-14(16)2-5-17(19)20)18-11-13-6-8-22-12-13/h2,5-6,8,12,15,18H,3-4,7,9-11H2,1H3/t15-/m0/s1. The second kappa shape index (κ2) is 6.94. The van der Waals surface area contributed by atoms with E-state index in [1.165, 1.54) is 11.3 Å². The van der Waals surface area contributed by atoms with Crippen molar-refractivity contribution in [1.29, 1.82) is 0 Å². The van der Waals surface area contributed by atoms with Gasteiger partial charge in [-0.2, -0.15) is 0 Å². The minimum absolute atomic E-state index is 0.0700. The smallest absolute Gasteiger partial charge is 0.250 e. The molecule has 0 unspecified atom stereocenters. The van der Waals surface area contributed by atoms with Crippen LogP contribution < -0.4 is 10.9 Å². The highest BCUT2D eigenvalue weighted by molar-refractivity contribution is 5.25. The first kappa shape index (κ1) is 15.1. The Morgan fingerprint density at radius 1 is 1.41 bits per heavy atom. The average Bonchev–Trinajstić information content (AvgIpc) is 3.05. The molecular formula is C17H22N2O3. The second-order valence-corrected chi connectivity index (χ2v) is 5.74. The molecule has 3 rings (SSSR count). The molecule has 2 heterocycles. The van der Waals surface area contributed by atoms with Crippen molar-refractivity contribution in [3.8, 4) is 0 Å². The summed E-state index contributed by atoms with van der Waals surface area (Å²) in [4.78, 5) is 12.0. The Hall–Kier alpha value is -1.85. The molecule has 5 nitrogen and oxygen atoms in total. The van der Waals surface area contributed by atoms with E-state index in [9.17, 15) is 4.79 Å². The van der Waals surface area contributed by atoms with Gasteiger partial charge in [-0.05, 0) is 30.9 Å². The molecule has 0 aromatic carbocycles. The highest BCUT2D eigenvalue weighted by Gasteiger charge is 2.21. The fourth-order valence-electron chi connectivity index (χ4n) is 3.08. The largest absolute Gasteiger partial charge is 0.472 e. The lowest BCUT2D eigenvalue weighted by atomic mass is 9.91. The van der Waals surface area contributed by atoms with Gasteiger partial charge < -0.3 is 19.0 Å². The molecule has 0 aliphatic heterocycles. The third-order valence-corrected chi connectivity index (χ3v) is 4.28. The van der Waals surface area contributed by atoms with E-state index in [4.69, 9.17) is 9.15 Å². The van der Waals surface area contributed by atoms with Crippen molar-refractivity contribution in [3.63, 3.8) is 0 Å². The van der Waals surface area contributed by atoms with Crippen LogP contribution in [0.1, 0.15) is 23.2 Å². The van der Waals surface area contributed by atoms with Crippen molar-refractivity contribution in [2.75, 3.05) is 13.7 Å². The molecule has 1 aliphatic rings. The first-order valence-electron chi connectivity index (χ1n) is 7.73. The van der Waals surface area contributed by atoms with Crippen molar-refractivity contribution in [3.05, 3.63) is 57.9 Å². The summed E-state index contributed by atoms with van der Waals surface area (Å²) in [5, 5.41) is 3.57. The average molecular weight is 302 g/mol. The van der Waals surface area contributed by atoms with Crippen LogP contribution >= 0.6 is 0 Å². The van der Waals surface area contributed by atoms with Gasteiger partial charge in [0.05, 0.1) is 19.1 Å². The Morgan fingerprint density at radius 2 is 2.32 bits per heavy atom. The number of hydrogen-bond donors (Lipinski definition) is 1. The van der Waals surface area contributed by atoms with Gasteiger partial charge in [0, 0.05) is 43.6 Å². The number of methoxy groups -OCH3 is 1. The predicted octanol–water partition coefficient (Wildman–Crippen LogP) is 1.73. The van der Waals surface area contributed by atoms with Gasteiger partial charge in [0.1, 0.15) is 0 Å². The summed E-state index contributed by atoms with van der Waals surface area (Å²) < 4.78 is 12.1. The minimum atomic E-state index is 0.0700. The lowest BCUT2D eigenvalue weighted by Crippen LogP contribution is -2.37. The number of hydrogen-bond acceptors (Lipinski definition) is 4. The number of nitrogens with one attached hydrogen (secondary N) is 1. The van der Waals surface area contributed by atoms with E-state index in [1.807, 2.05) is 16.7 Å². The van der Waals surface area contributed by atoms with Crippen LogP contribution in [0.3, 0.4) is 0 Å². The fourth-order valence-corrected chi connectivity index (χ4v) is 3.08. The van der Waals surface area contributed by atoms with E-state index in [1.54, 1.807) is 25.7 Å². The molecule has 22 heavy (non-hydrogen) atoms. The van der Waals surface area contributed by atoms with Crippen molar-refractivity contribution < 1.29 is 9.15 Å². The monoisotopic (exact) mass is 302 g/mol. The molecular weight excluding hydrogens is 280 g/mol. The Kier molecular flexibility index (Phi) is 4.75. The van der Waals surface area contributed by atoms with E-state index in [0.717, 1.165) is 31.4 Å². The maximum Gasteiger partial charge on any atom is 0.250 e. The minimum Gasteiger partial charge on any atom is -0.472 e. The first-order chi connectivity index (χ1) is 10.8. The number of aromatic nitrogens is 1. The van der Waals surface area contributed by atoms with Crippen LogP contribution in [0, 0.1) is 0 Å². The van der Waals surface area contributed by atoms with Gasteiger partial charge in [-0.25, -0.2) is 0 Å². The van der Waals surface area contributed by atoms with Gasteiger partial charge in [-0.15, -0.1) is 0 Å². The van der Waals surface area contributed by atoms with Gasteiger partial charge >= 0.3 is 0 Å². The molecule has 118 valence electrons. The Balaban J connectivity index is 1.69. The van der Waals surface area contributed by atoms with Crippen LogP contribution in [0.25, 0.3) is 0 Å². The summed E-state index contributed by atoms with van der Waals surface area (Å²) >= 11 is 0. The topological polar surface area (TPSA) is 56.4 Å². The van der Waals surface area contributed by atoms with Crippen LogP contribution in [0.2, 0.25) is 0 Å². The third kappa shape index (κ3) is 3.31. The molecule has 0 saturated carbocycles. The Morgan fingerprint density at radius 3 is 3.09 bits per heavy atom. The number of rotatable bonds is 6. The Bertz CT molecular complexity index is 661. The van der Waals surface area contributed by atoms with Crippen molar-refractivity contribution in [1.82, 2.24) is 9.88 Å². The normalized spacial score (nSPS) is 17.4. The zero-order valence-electron chi connectivity index (χ0n) is 12.9. The van der Waals surface area contributed by atoms with E-state index in [2.05, 4.69) is 5.32 Å². The van der Waals surface area contributed by atoms with E-state index in [0.29, 0.717) is 19.2 Å². The number of fused-ring (bicyclic) bond motifs is 1. The SMILES string of the molecule is COCCn1c2c(ccc1=O)C[C@@H](NCc1ccoc1)CC2. The molecule has 5 heteroatoms. The van der Waals surface area contributed by atoms with E-state index >= 15 is 0 Å². The van der Waals surface area contributed by atoms with Crippen molar-refractivity contribution >= 4 is 0 Å². The van der Waals surface area contributed by atoms with Gasteiger partial charge in [-0.3, -0.25) is 4.79 Å². The van der Waals surface area contributed by atoms with Gasteiger partial charge in [0.15, 0.2) is 0 Å². The lowest BCUT2D eigenvalue weighted by molar-refractivity contribution is 0.184. The highest BCUT2D eigenvalue weighted by Crippen LogP contribution is 2.20. The van der Waals surface area contributed by atoms with Crippen molar-refractivity contribution in [2.45, 2.75) is 38.4 Å². The molecule has 0 fully saturated rings. The van der Waals surface area contributed by atoms with Crippen LogP contribution in [-0.4, -0.2) is 24.3 Å². The summed E-state index contributed by atoms with van der Waals surface area (Å²) in [5.74, 6) is 0. The molecule has 0 radical (unpaired) electrons. The molecule has 1 aliphatic carbocycles. The fraction of sp³-hybridized carbons (Fsp3) is 0.471. The van der Waals surface area contributed by atoms with Crippen LogP contribution in [0.5, 0.6) is 0 Å². The van der Waals surface area contributed by atoms with Gasteiger partial charge in [0.25, 0.3) is 5.56 Å². The molecule has 0 amide bonds. The van der Waals surface area contributed by atoms with Crippen LogP contribution in [0.15, 0.2) is 39.9 Å². The zero-order chi connectivity index (χ0) is 15.4. The highest BCUT2D eigenvalue weighted by atomic mass is 16.5. The molecule has 1 atom stereocenters. The molecule has 0 saturated heterocycles. The van der Waals surface area contributed by atoms with Crippen LogP contribution in [-0.2, 0) is 30.7 Å². The third-order valence-electron chi connectivity index (χ3n) is 4.28. The number of nitrogens with zero attached hydrogens (tertiary/aromatic N) is 1. The maximum atomic E-state index is 12.0. The summed E-state index contributed by atoms with van der Waals surface area (Å²) in [6.45, 7) is 2.02. The molecule has 0 bridgehead atoms. The second-order valence-electron chi connectivity index (χ2n) is 5.74. The van der Waals surface area contributed by atoms with E-state index in [-0.39, 0.29) is 5.56 Å². The number of furan rings is 1. The van der Waals surface area contributed by atoms with E-state index < -0.39 is 0 Å².